The SMILES string of the molecule is NCCCCCNC(=O)CCS. The first-order valence-electron chi connectivity index (χ1n) is 4.39. The summed E-state index contributed by atoms with van der Waals surface area (Å²) in [6.07, 6.45) is 3.68. The number of hydrogen-bond donors (Lipinski definition) is 3. The zero-order chi connectivity index (χ0) is 9.23. The minimum absolute atomic E-state index is 0.0951. The van der Waals surface area contributed by atoms with Crippen molar-refractivity contribution in [1.82, 2.24) is 5.32 Å². The summed E-state index contributed by atoms with van der Waals surface area (Å²) in [6, 6.07) is 0. The van der Waals surface area contributed by atoms with Gasteiger partial charge in [0.15, 0.2) is 0 Å². The molecule has 0 aliphatic rings. The van der Waals surface area contributed by atoms with Crippen molar-refractivity contribution in [3.8, 4) is 0 Å². The quantitative estimate of drug-likeness (QED) is 0.406. The molecule has 0 aromatic rings. The van der Waals surface area contributed by atoms with E-state index in [0.29, 0.717) is 12.2 Å². The van der Waals surface area contributed by atoms with Crippen LogP contribution in [-0.2, 0) is 4.79 Å². The molecule has 0 rings (SSSR count). The predicted molar refractivity (Wildman–Crippen MR) is 54.4 cm³/mol. The van der Waals surface area contributed by atoms with E-state index in [1.165, 1.54) is 0 Å². The molecule has 0 saturated heterocycles. The number of thiol groups is 1. The van der Waals surface area contributed by atoms with Crippen LogP contribution >= 0.6 is 12.6 Å². The van der Waals surface area contributed by atoms with Gasteiger partial charge in [0.2, 0.25) is 5.91 Å². The third kappa shape index (κ3) is 7.88. The topological polar surface area (TPSA) is 55.1 Å². The van der Waals surface area contributed by atoms with Crippen LogP contribution < -0.4 is 11.1 Å². The summed E-state index contributed by atoms with van der Waals surface area (Å²) in [7, 11) is 0. The van der Waals surface area contributed by atoms with Gasteiger partial charge in [-0.2, -0.15) is 12.6 Å². The van der Waals surface area contributed by atoms with E-state index >= 15 is 0 Å². The highest BCUT2D eigenvalue weighted by Crippen LogP contribution is 1.91. The second-order valence-corrected chi connectivity index (χ2v) is 3.12. The first-order valence-corrected chi connectivity index (χ1v) is 5.02. The van der Waals surface area contributed by atoms with E-state index in [1.807, 2.05) is 0 Å². The number of amides is 1. The molecule has 0 aliphatic carbocycles. The zero-order valence-electron chi connectivity index (χ0n) is 7.38. The summed E-state index contributed by atoms with van der Waals surface area (Å²) in [6.45, 7) is 1.51. The Hall–Kier alpha value is -0.220. The second kappa shape index (κ2) is 8.87. The molecule has 0 fully saturated rings. The fourth-order valence-electron chi connectivity index (χ4n) is 0.864. The molecular weight excluding hydrogens is 172 g/mol. The highest BCUT2D eigenvalue weighted by atomic mass is 32.1. The third-order valence-electron chi connectivity index (χ3n) is 1.54. The molecule has 0 aromatic heterocycles. The summed E-state index contributed by atoms with van der Waals surface area (Å²) in [5, 5.41) is 2.81. The summed E-state index contributed by atoms with van der Waals surface area (Å²) >= 11 is 3.96. The fraction of sp³-hybridized carbons (Fsp3) is 0.875. The van der Waals surface area contributed by atoms with Crippen molar-refractivity contribution in [1.29, 1.82) is 0 Å². The molecule has 0 aromatic carbocycles. The van der Waals surface area contributed by atoms with E-state index < -0.39 is 0 Å². The zero-order valence-corrected chi connectivity index (χ0v) is 8.28. The maximum absolute atomic E-state index is 10.9. The number of carbonyl (C=O) groups is 1. The summed E-state index contributed by atoms with van der Waals surface area (Å²) in [4.78, 5) is 10.9. The normalized spacial score (nSPS) is 9.83. The van der Waals surface area contributed by atoms with Crippen molar-refractivity contribution in [3.63, 3.8) is 0 Å². The standard InChI is InChI=1S/C8H18N2OS/c9-5-2-1-3-6-10-8(11)4-7-12/h12H,1-7,9H2,(H,10,11). The first-order chi connectivity index (χ1) is 5.81. The number of nitrogens with two attached hydrogens (primary N) is 1. The lowest BCUT2D eigenvalue weighted by Gasteiger charge is -2.02. The van der Waals surface area contributed by atoms with Gasteiger partial charge in [0.05, 0.1) is 0 Å². The van der Waals surface area contributed by atoms with Crippen LogP contribution in [0.2, 0.25) is 0 Å². The molecule has 0 radical (unpaired) electrons. The largest absolute Gasteiger partial charge is 0.356 e. The number of carbonyl (C=O) groups excluding carboxylic acids is 1. The number of hydrogen-bond acceptors (Lipinski definition) is 3. The van der Waals surface area contributed by atoms with Crippen LogP contribution in [0, 0.1) is 0 Å². The highest BCUT2D eigenvalue weighted by molar-refractivity contribution is 7.80. The van der Waals surface area contributed by atoms with Crippen LogP contribution in [0.3, 0.4) is 0 Å². The molecule has 0 unspecified atom stereocenters. The fourth-order valence-corrected chi connectivity index (χ4v) is 1.07. The molecule has 3 N–H and O–H groups in total. The predicted octanol–water partition coefficient (Wildman–Crippen LogP) is 0.551. The highest BCUT2D eigenvalue weighted by Gasteiger charge is 1.96. The first kappa shape index (κ1) is 11.8. The molecule has 0 spiro atoms. The van der Waals surface area contributed by atoms with Gasteiger partial charge in [0, 0.05) is 13.0 Å². The Morgan fingerprint density at radius 3 is 2.67 bits per heavy atom. The average Bonchev–Trinajstić information content (AvgIpc) is 2.05. The summed E-state index contributed by atoms with van der Waals surface area (Å²) in [5.74, 6) is 0.715. The van der Waals surface area contributed by atoms with Crippen molar-refractivity contribution in [2.24, 2.45) is 5.73 Å². The van der Waals surface area contributed by atoms with Crippen molar-refractivity contribution in [3.05, 3.63) is 0 Å². The molecule has 4 heteroatoms. The monoisotopic (exact) mass is 190 g/mol. The molecule has 1 amide bonds. The lowest BCUT2D eigenvalue weighted by Crippen LogP contribution is -2.24. The lowest BCUT2D eigenvalue weighted by molar-refractivity contribution is -0.120. The molecular formula is C8H18N2OS. The Morgan fingerprint density at radius 2 is 2.08 bits per heavy atom. The van der Waals surface area contributed by atoms with E-state index in [0.717, 1.165) is 32.4 Å². The van der Waals surface area contributed by atoms with Crippen LogP contribution in [0.25, 0.3) is 0 Å². The Labute approximate surface area is 79.5 Å². The molecule has 0 heterocycles. The lowest BCUT2D eigenvalue weighted by atomic mass is 10.2. The number of unbranched alkanes of at least 4 members (excludes halogenated alkanes) is 2. The van der Waals surface area contributed by atoms with Gasteiger partial charge in [-0.05, 0) is 25.1 Å². The number of rotatable bonds is 7. The van der Waals surface area contributed by atoms with E-state index in [4.69, 9.17) is 5.73 Å². The van der Waals surface area contributed by atoms with Crippen LogP contribution in [0.1, 0.15) is 25.7 Å². The van der Waals surface area contributed by atoms with E-state index in [-0.39, 0.29) is 5.91 Å². The van der Waals surface area contributed by atoms with Crippen molar-refractivity contribution >= 4 is 18.5 Å². The van der Waals surface area contributed by atoms with E-state index in [9.17, 15) is 4.79 Å². The third-order valence-corrected chi connectivity index (χ3v) is 1.77. The Kier molecular flexibility index (Phi) is 8.71. The Bertz CT molecular complexity index is 120. The number of nitrogens with one attached hydrogen (secondary N) is 1. The molecule has 12 heavy (non-hydrogen) atoms. The minimum atomic E-state index is 0.0951. The van der Waals surface area contributed by atoms with Crippen LogP contribution in [0.15, 0.2) is 0 Å². The van der Waals surface area contributed by atoms with Gasteiger partial charge in [-0.3, -0.25) is 4.79 Å². The molecule has 72 valence electrons. The maximum atomic E-state index is 10.9. The van der Waals surface area contributed by atoms with Gasteiger partial charge in [0.1, 0.15) is 0 Å². The van der Waals surface area contributed by atoms with Gasteiger partial charge in [-0.25, -0.2) is 0 Å². The Balaban J connectivity index is 3.03. The smallest absolute Gasteiger partial charge is 0.220 e. The molecule has 3 nitrogen and oxygen atoms in total. The van der Waals surface area contributed by atoms with Gasteiger partial charge in [0.25, 0.3) is 0 Å². The van der Waals surface area contributed by atoms with E-state index in [2.05, 4.69) is 17.9 Å². The van der Waals surface area contributed by atoms with Gasteiger partial charge >= 0.3 is 0 Å². The van der Waals surface area contributed by atoms with Crippen LogP contribution in [0.4, 0.5) is 0 Å². The Morgan fingerprint density at radius 1 is 1.33 bits per heavy atom. The van der Waals surface area contributed by atoms with Gasteiger partial charge in [-0.15, -0.1) is 0 Å². The van der Waals surface area contributed by atoms with Gasteiger partial charge in [-0.1, -0.05) is 6.42 Å². The van der Waals surface area contributed by atoms with Crippen molar-refractivity contribution < 1.29 is 4.79 Å². The molecule has 0 bridgehead atoms. The molecule has 0 saturated carbocycles. The van der Waals surface area contributed by atoms with Crippen molar-refractivity contribution in [2.45, 2.75) is 25.7 Å². The van der Waals surface area contributed by atoms with Crippen LogP contribution in [-0.4, -0.2) is 24.7 Å². The maximum Gasteiger partial charge on any atom is 0.220 e. The minimum Gasteiger partial charge on any atom is -0.356 e. The second-order valence-electron chi connectivity index (χ2n) is 2.67. The summed E-state index contributed by atoms with van der Waals surface area (Å²) < 4.78 is 0. The van der Waals surface area contributed by atoms with E-state index in [1.54, 1.807) is 0 Å². The average molecular weight is 190 g/mol. The molecule has 0 atom stereocenters. The van der Waals surface area contributed by atoms with Crippen molar-refractivity contribution in [2.75, 3.05) is 18.8 Å². The summed E-state index contributed by atoms with van der Waals surface area (Å²) in [5.41, 5.74) is 5.32. The van der Waals surface area contributed by atoms with Gasteiger partial charge < -0.3 is 11.1 Å². The van der Waals surface area contributed by atoms with Crippen LogP contribution in [0.5, 0.6) is 0 Å². The molecule has 0 aliphatic heterocycles.